The summed E-state index contributed by atoms with van der Waals surface area (Å²) in [6.45, 7) is 6.23. The monoisotopic (exact) mass is 205 g/mol. The minimum atomic E-state index is -0.0658. The van der Waals surface area contributed by atoms with Gasteiger partial charge in [0.25, 0.3) is 5.91 Å². The first kappa shape index (κ1) is 11.4. The van der Waals surface area contributed by atoms with Gasteiger partial charge in [-0.2, -0.15) is 0 Å². The van der Waals surface area contributed by atoms with Crippen molar-refractivity contribution in [3.8, 4) is 0 Å². The molecule has 0 N–H and O–H groups in total. The maximum Gasteiger partial charge on any atom is 0.254 e. The van der Waals surface area contributed by atoms with Crippen LogP contribution in [0, 0.1) is 0 Å². The third-order valence-electron chi connectivity index (χ3n) is 2.42. The average Bonchev–Trinajstić information content (AvgIpc) is 2.23. The zero-order chi connectivity index (χ0) is 11.3. The van der Waals surface area contributed by atoms with E-state index in [-0.39, 0.29) is 12.5 Å². The second kappa shape index (κ2) is 5.29. The summed E-state index contributed by atoms with van der Waals surface area (Å²) < 4.78 is 0. The van der Waals surface area contributed by atoms with Crippen LogP contribution in [0.25, 0.3) is 0 Å². The van der Waals surface area contributed by atoms with Crippen molar-refractivity contribution in [1.29, 1.82) is 0 Å². The van der Waals surface area contributed by atoms with Crippen LogP contribution in [0.15, 0.2) is 36.0 Å². The molecule has 0 unspecified atom stereocenters. The number of hydrogen-bond acceptors (Lipinski definition) is 2. The molecule has 15 heavy (non-hydrogen) atoms. The zero-order valence-electron chi connectivity index (χ0n) is 8.90. The Bertz CT molecular complexity index is 340. The lowest BCUT2D eigenvalue weighted by Crippen LogP contribution is -2.39. The van der Waals surface area contributed by atoms with E-state index >= 15 is 0 Å². The molecule has 0 aromatic heterocycles. The molecule has 80 valence electrons. The molecule has 3 nitrogen and oxygen atoms in total. The van der Waals surface area contributed by atoms with E-state index in [4.69, 9.17) is 0 Å². The van der Waals surface area contributed by atoms with Gasteiger partial charge >= 0.3 is 0 Å². The van der Waals surface area contributed by atoms with E-state index in [0.717, 1.165) is 18.3 Å². The molecule has 3 heteroatoms. The molecular formula is C12H15NO2. The summed E-state index contributed by atoms with van der Waals surface area (Å²) in [5.74, 6) is -0.0658. The summed E-state index contributed by atoms with van der Waals surface area (Å²) in [6.07, 6.45) is 6.86. The highest BCUT2D eigenvalue weighted by atomic mass is 16.2. The Morgan fingerprint density at radius 2 is 2.27 bits per heavy atom. The summed E-state index contributed by atoms with van der Waals surface area (Å²) >= 11 is 0. The van der Waals surface area contributed by atoms with Crippen LogP contribution in [-0.4, -0.2) is 30.2 Å². The Hall–Kier alpha value is -1.64. The average molecular weight is 205 g/mol. The molecule has 0 bridgehead atoms. The Balaban J connectivity index is 2.92. The molecule has 0 atom stereocenters. The Morgan fingerprint density at radius 1 is 1.53 bits per heavy atom. The number of piperidine rings is 1. The van der Waals surface area contributed by atoms with E-state index < -0.39 is 0 Å². The fourth-order valence-electron chi connectivity index (χ4n) is 1.69. The highest BCUT2D eigenvalue weighted by Gasteiger charge is 2.25. The van der Waals surface area contributed by atoms with Gasteiger partial charge in [0.05, 0.1) is 6.54 Å². The molecule has 0 aromatic carbocycles. The lowest BCUT2D eigenvalue weighted by atomic mass is 9.96. The Morgan fingerprint density at radius 3 is 2.80 bits per heavy atom. The van der Waals surface area contributed by atoms with E-state index in [1.807, 2.05) is 13.0 Å². The highest BCUT2D eigenvalue weighted by molar-refractivity contribution is 5.99. The van der Waals surface area contributed by atoms with E-state index in [2.05, 4.69) is 6.58 Å². The number of nitrogens with zero attached hydrogens (tertiary/aromatic N) is 1. The van der Waals surface area contributed by atoms with Gasteiger partial charge in [-0.3, -0.25) is 4.79 Å². The van der Waals surface area contributed by atoms with Crippen molar-refractivity contribution in [3.63, 3.8) is 0 Å². The first-order chi connectivity index (χ1) is 7.24. The van der Waals surface area contributed by atoms with Crippen LogP contribution >= 0.6 is 0 Å². The molecule has 0 aliphatic carbocycles. The van der Waals surface area contributed by atoms with Crippen LogP contribution in [-0.2, 0) is 9.59 Å². The lowest BCUT2D eigenvalue weighted by Gasteiger charge is -2.28. The molecule has 0 aromatic rings. The summed E-state index contributed by atoms with van der Waals surface area (Å²) in [6, 6.07) is 0. The van der Waals surface area contributed by atoms with Crippen molar-refractivity contribution in [3.05, 3.63) is 36.0 Å². The van der Waals surface area contributed by atoms with Gasteiger partial charge in [0.1, 0.15) is 6.29 Å². The number of hydrogen-bond donors (Lipinski definition) is 0. The second-order valence-electron chi connectivity index (χ2n) is 3.30. The van der Waals surface area contributed by atoms with Crippen molar-refractivity contribution in [1.82, 2.24) is 4.90 Å². The van der Waals surface area contributed by atoms with Gasteiger partial charge in [-0.05, 0) is 18.9 Å². The maximum absolute atomic E-state index is 11.9. The SMILES string of the molecule is C=C/C=C1/CCN(CC=O)C(=O)/C1=C/C. The largest absolute Gasteiger partial charge is 0.331 e. The van der Waals surface area contributed by atoms with Crippen LogP contribution < -0.4 is 0 Å². The van der Waals surface area contributed by atoms with Crippen molar-refractivity contribution in [2.75, 3.05) is 13.1 Å². The first-order valence-corrected chi connectivity index (χ1v) is 4.95. The standard InChI is InChI=1S/C12H15NO2/c1-3-5-10-6-7-13(8-9-14)12(15)11(10)4-2/h3-5,9H,1,6-8H2,2H3/b10-5-,11-4+. The summed E-state index contributed by atoms with van der Waals surface area (Å²) in [7, 11) is 0. The van der Waals surface area contributed by atoms with E-state index in [0.29, 0.717) is 12.1 Å². The van der Waals surface area contributed by atoms with Gasteiger partial charge in [0.2, 0.25) is 0 Å². The smallest absolute Gasteiger partial charge is 0.254 e. The molecule has 1 amide bonds. The fourth-order valence-corrected chi connectivity index (χ4v) is 1.69. The minimum absolute atomic E-state index is 0.0658. The van der Waals surface area contributed by atoms with Crippen LogP contribution in [0.4, 0.5) is 0 Å². The number of allylic oxidation sites excluding steroid dienone is 3. The predicted molar refractivity (Wildman–Crippen MR) is 59.3 cm³/mol. The fraction of sp³-hybridized carbons (Fsp3) is 0.333. The number of rotatable bonds is 3. The Labute approximate surface area is 89.8 Å². The molecule has 0 saturated carbocycles. The molecule has 1 fully saturated rings. The second-order valence-corrected chi connectivity index (χ2v) is 3.30. The number of carbonyl (C=O) groups excluding carboxylic acids is 2. The molecule has 1 aliphatic rings. The van der Waals surface area contributed by atoms with Gasteiger partial charge < -0.3 is 9.69 Å². The van der Waals surface area contributed by atoms with Gasteiger partial charge in [0, 0.05) is 12.1 Å². The highest BCUT2D eigenvalue weighted by Crippen LogP contribution is 2.22. The molecule has 1 heterocycles. The van der Waals surface area contributed by atoms with Crippen molar-refractivity contribution >= 4 is 12.2 Å². The van der Waals surface area contributed by atoms with Crippen LogP contribution in [0.5, 0.6) is 0 Å². The zero-order valence-corrected chi connectivity index (χ0v) is 8.90. The Kier molecular flexibility index (Phi) is 4.03. The third-order valence-corrected chi connectivity index (χ3v) is 2.42. The van der Waals surface area contributed by atoms with Crippen molar-refractivity contribution < 1.29 is 9.59 Å². The molecule has 1 aliphatic heterocycles. The summed E-state index contributed by atoms with van der Waals surface area (Å²) in [4.78, 5) is 23.8. The van der Waals surface area contributed by atoms with Crippen molar-refractivity contribution in [2.24, 2.45) is 0 Å². The van der Waals surface area contributed by atoms with E-state index in [1.54, 1.807) is 17.1 Å². The normalized spacial score (nSPS) is 22.2. The molecule has 1 rings (SSSR count). The van der Waals surface area contributed by atoms with Gasteiger partial charge in [0.15, 0.2) is 0 Å². The van der Waals surface area contributed by atoms with E-state index in [9.17, 15) is 9.59 Å². The van der Waals surface area contributed by atoms with E-state index in [1.165, 1.54) is 0 Å². The molecule has 0 radical (unpaired) electrons. The van der Waals surface area contributed by atoms with Gasteiger partial charge in [-0.1, -0.05) is 24.8 Å². The quantitative estimate of drug-likeness (QED) is 0.517. The molecule has 0 spiro atoms. The topological polar surface area (TPSA) is 37.4 Å². The molecule has 1 saturated heterocycles. The first-order valence-electron chi connectivity index (χ1n) is 4.95. The van der Waals surface area contributed by atoms with Crippen LogP contribution in [0.2, 0.25) is 0 Å². The van der Waals surface area contributed by atoms with Gasteiger partial charge in [-0.15, -0.1) is 0 Å². The lowest BCUT2D eigenvalue weighted by molar-refractivity contribution is -0.130. The maximum atomic E-state index is 11.9. The number of likely N-dealkylation sites (tertiary alicyclic amines) is 1. The number of amides is 1. The van der Waals surface area contributed by atoms with Crippen molar-refractivity contribution in [2.45, 2.75) is 13.3 Å². The van der Waals surface area contributed by atoms with Crippen LogP contribution in [0.1, 0.15) is 13.3 Å². The summed E-state index contributed by atoms with van der Waals surface area (Å²) in [5.41, 5.74) is 1.68. The number of carbonyl (C=O) groups is 2. The summed E-state index contributed by atoms with van der Waals surface area (Å²) in [5, 5.41) is 0. The van der Waals surface area contributed by atoms with Gasteiger partial charge in [-0.25, -0.2) is 0 Å². The van der Waals surface area contributed by atoms with Crippen LogP contribution in [0.3, 0.4) is 0 Å². The molecular weight excluding hydrogens is 190 g/mol. The predicted octanol–water partition coefficient (Wildman–Crippen LogP) is 1.48. The minimum Gasteiger partial charge on any atom is -0.331 e. The third kappa shape index (κ3) is 2.43. The number of aldehydes is 1.